The minimum Gasteiger partial charge on any atom is -0.379 e. The first kappa shape index (κ1) is 21.8. The first-order valence-corrected chi connectivity index (χ1v) is 12.3. The number of aryl methyl sites for hydroxylation is 1. The molecular formula is C24H35N5O3. The SMILES string of the molecule is Cc1nc(C2CCCN(C(=O)CCN3CCOCC3)C2)nc2c1CCC(=O)N2CC1CC1. The van der Waals surface area contributed by atoms with E-state index in [9.17, 15) is 9.59 Å². The van der Waals surface area contributed by atoms with Crippen LogP contribution in [-0.2, 0) is 20.7 Å². The van der Waals surface area contributed by atoms with Gasteiger partial charge in [0.05, 0.1) is 13.2 Å². The van der Waals surface area contributed by atoms with E-state index in [-0.39, 0.29) is 17.7 Å². The molecule has 4 heterocycles. The van der Waals surface area contributed by atoms with Crippen LogP contribution in [0.1, 0.15) is 61.5 Å². The topological polar surface area (TPSA) is 78.9 Å². The molecule has 1 aromatic rings. The Morgan fingerprint density at radius 3 is 2.69 bits per heavy atom. The van der Waals surface area contributed by atoms with Gasteiger partial charge in [0, 0.05) is 69.3 Å². The standard InChI is InChI=1S/C24H35N5O3/c1-17-20-6-7-22(31)29(15-18-4-5-18)24(20)26-23(25-17)19-3-2-9-28(16-19)21(30)8-10-27-11-13-32-14-12-27/h18-19H,2-16H2,1H3. The highest BCUT2D eigenvalue weighted by molar-refractivity contribution is 5.95. The summed E-state index contributed by atoms with van der Waals surface area (Å²) in [4.78, 5) is 41.6. The third-order valence-electron chi connectivity index (χ3n) is 7.38. The fourth-order valence-corrected chi connectivity index (χ4v) is 5.18. The van der Waals surface area contributed by atoms with E-state index in [4.69, 9.17) is 14.7 Å². The summed E-state index contributed by atoms with van der Waals surface area (Å²) in [6.07, 6.45) is 6.22. The summed E-state index contributed by atoms with van der Waals surface area (Å²) in [6, 6.07) is 0. The summed E-state index contributed by atoms with van der Waals surface area (Å²) in [5, 5.41) is 0. The fourth-order valence-electron chi connectivity index (χ4n) is 5.18. The number of amides is 2. The molecule has 4 aliphatic rings. The summed E-state index contributed by atoms with van der Waals surface area (Å²) in [5.41, 5.74) is 2.12. The third kappa shape index (κ3) is 4.81. The number of hydrogen-bond donors (Lipinski definition) is 0. The molecule has 2 saturated heterocycles. The monoisotopic (exact) mass is 441 g/mol. The van der Waals surface area contributed by atoms with Gasteiger partial charge in [0.2, 0.25) is 11.8 Å². The first-order valence-electron chi connectivity index (χ1n) is 12.3. The van der Waals surface area contributed by atoms with Gasteiger partial charge in [-0.2, -0.15) is 0 Å². The van der Waals surface area contributed by atoms with E-state index in [1.54, 1.807) is 0 Å². The molecule has 2 amide bonds. The van der Waals surface area contributed by atoms with Crippen molar-refractivity contribution in [3.8, 4) is 0 Å². The van der Waals surface area contributed by atoms with Gasteiger partial charge in [-0.1, -0.05) is 0 Å². The van der Waals surface area contributed by atoms with E-state index in [1.165, 1.54) is 12.8 Å². The number of ether oxygens (including phenoxy) is 1. The van der Waals surface area contributed by atoms with E-state index in [0.29, 0.717) is 25.3 Å². The maximum absolute atomic E-state index is 12.9. The molecule has 1 aromatic heterocycles. The lowest BCUT2D eigenvalue weighted by Crippen LogP contribution is -2.43. The van der Waals surface area contributed by atoms with Gasteiger partial charge >= 0.3 is 0 Å². The van der Waals surface area contributed by atoms with Crippen LogP contribution in [0, 0.1) is 12.8 Å². The molecule has 1 atom stereocenters. The number of anilines is 1. The summed E-state index contributed by atoms with van der Waals surface area (Å²) in [7, 11) is 0. The molecule has 1 unspecified atom stereocenters. The van der Waals surface area contributed by atoms with Gasteiger partial charge in [0.1, 0.15) is 11.6 Å². The van der Waals surface area contributed by atoms with Crippen LogP contribution >= 0.6 is 0 Å². The van der Waals surface area contributed by atoms with Crippen molar-refractivity contribution in [1.29, 1.82) is 0 Å². The second-order valence-corrected chi connectivity index (χ2v) is 9.80. The van der Waals surface area contributed by atoms with Crippen molar-refractivity contribution in [3.05, 3.63) is 17.1 Å². The third-order valence-corrected chi connectivity index (χ3v) is 7.38. The van der Waals surface area contributed by atoms with E-state index in [2.05, 4.69) is 4.90 Å². The quantitative estimate of drug-likeness (QED) is 0.671. The molecule has 0 N–H and O–H groups in total. The van der Waals surface area contributed by atoms with Gasteiger partial charge in [0.15, 0.2) is 0 Å². The van der Waals surface area contributed by atoms with E-state index in [0.717, 1.165) is 88.1 Å². The van der Waals surface area contributed by atoms with Crippen LogP contribution in [0.3, 0.4) is 0 Å². The molecule has 8 nitrogen and oxygen atoms in total. The number of piperidine rings is 1. The maximum Gasteiger partial charge on any atom is 0.228 e. The van der Waals surface area contributed by atoms with Gasteiger partial charge in [-0.25, -0.2) is 9.97 Å². The molecule has 3 fully saturated rings. The van der Waals surface area contributed by atoms with Crippen LogP contribution < -0.4 is 4.90 Å². The Balaban J connectivity index is 1.27. The van der Waals surface area contributed by atoms with Gasteiger partial charge in [-0.05, 0) is 44.9 Å². The van der Waals surface area contributed by atoms with E-state index in [1.807, 2.05) is 16.7 Å². The van der Waals surface area contributed by atoms with Crippen molar-refractivity contribution >= 4 is 17.6 Å². The second-order valence-electron chi connectivity index (χ2n) is 9.80. The van der Waals surface area contributed by atoms with Crippen molar-refractivity contribution < 1.29 is 14.3 Å². The zero-order chi connectivity index (χ0) is 22.1. The Bertz CT molecular complexity index is 865. The largest absolute Gasteiger partial charge is 0.379 e. The number of carbonyl (C=O) groups excluding carboxylic acids is 2. The summed E-state index contributed by atoms with van der Waals surface area (Å²) in [5.74, 6) is 2.82. The Morgan fingerprint density at radius 2 is 1.91 bits per heavy atom. The van der Waals surface area contributed by atoms with Crippen molar-refractivity contribution in [1.82, 2.24) is 19.8 Å². The molecule has 32 heavy (non-hydrogen) atoms. The lowest BCUT2D eigenvalue weighted by Gasteiger charge is -2.34. The highest BCUT2D eigenvalue weighted by Crippen LogP contribution is 2.36. The van der Waals surface area contributed by atoms with Gasteiger partial charge in [0.25, 0.3) is 0 Å². The number of likely N-dealkylation sites (tertiary alicyclic amines) is 1. The number of fused-ring (bicyclic) bond motifs is 1. The number of carbonyl (C=O) groups is 2. The van der Waals surface area contributed by atoms with Gasteiger partial charge in [-0.3, -0.25) is 19.4 Å². The Labute approximate surface area is 190 Å². The predicted octanol–water partition coefficient (Wildman–Crippen LogP) is 1.90. The zero-order valence-corrected chi connectivity index (χ0v) is 19.2. The van der Waals surface area contributed by atoms with Crippen LogP contribution in [0.15, 0.2) is 0 Å². The van der Waals surface area contributed by atoms with Crippen LogP contribution in [0.5, 0.6) is 0 Å². The number of nitrogens with zero attached hydrogens (tertiary/aromatic N) is 5. The molecule has 5 rings (SSSR count). The molecule has 0 radical (unpaired) electrons. The summed E-state index contributed by atoms with van der Waals surface area (Å²) < 4.78 is 5.40. The number of rotatable bonds is 6. The molecule has 1 aliphatic carbocycles. The first-order chi connectivity index (χ1) is 15.6. The molecule has 0 aromatic carbocycles. The average Bonchev–Trinajstić information content (AvgIpc) is 3.64. The summed E-state index contributed by atoms with van der Waals surface area (Å²) in [6.45, 7) is 8.47. The maximum atomic E-state index is 12.9. The molecule has 3 aliphatic heterocycles. The Morgan fingerprint density at radius 1 is 1.09 bits per heavy atom. The van der Waals surface area contributed by atoms with Crippen molar-refractivity contribution in [2.24, 2.45) is 5.92 Å². The highest BCUT2D eigenvalue weighted by atomic mass is 16.5. The molecule has 1 saturated carbocycles. The van der Waals surface area contributed by atoms with Crippen LogP contribution in [0.2, 0.25) is 0 Å². The van der Waals surface area contributed by atoms with Crippen LogP contribution in [0.25, 0.3) is 0 Å². The van der Waals surface area contributed by atoms with Crippen LogP contribution in [0.4, 0.5) is 5.82 Å². The predicted molar refractivity (Wildman–Crippen MR) is 121 cm³/mol. The number of morpholine rings is 1. The minimum absolute atomic E-state index is 0.139. The average molecular weight is 442 g/mol. The number of aromatic nitrogens is 2. The molecule has 174 valence electrons. The van der Waals surface area contributed by atoms with Gasteiger partial charge < -0.3 is 9.64 Å². The molecular weight excluding hydrogens is 406 g/mol. The lowest BCUT2D eigenvalue weighted by atomic mass is 9.95. The lowest BCUT2D eigenvalue weighted by molar-refractivity contribution is -0.133. The van der Waals surface area contributed by atoms with E-state index < -0.39 is 0 Å². The van der Waals surface area contributed by atoms with Crippen molar-refractivity contribution in [2.75, 3.05) is 57.4 Å². The van der Waals surface area contributed by atoms with Crippen molar-refractivity contribution in [2.45, 2.75) is 57.8 Å². The van der Waals surface area contributed by atoms with E-state index >= 15 is 0 Å². The second kappa shape index (κ2) is 9.43. The molecule has 8 heteroatoms. The smallest absolute Gasteiger partial charge is 0.228 e. The zero-order valence-electron chi connectivity index (χ0n) is 19.2. The highest BCUT2D eigenvalue weighted by Gasteiger charge is 2.34. The normalized spacial score (nSPS) is 24.5. The van der Waals surface area contributed by atoms with Gasteiger partial charge in [-0.15, -0.1) is 0 Å². The Kier molecular flexibility index (Phi) is 6.42. The molecule has 0 bridgehead atoms. The fraction of sp³-hybridized carbons (Fsp3) is 0.750. The molecule has 0 spiro atoms. The van der Waals surface area contributed by atoms with Crippen LogP contribution in [-0.4, -0.2) is 84.1 Å². The van der Waals surface area contributed by atoms with Crippen molar-refractivity contribution in [3.63, 3.8) is 0 Å². The summed E-state index contributed by atoms with van der Waals surface area (Å²) >= 11 is 0. The minimum atomic E-state index is 0.139. The Hall–Kier alpha value is -2.06. The number of hydrogen-bond acceptors (Lipinski definition) is 6.